The third-order valence-corrected chi connectivity index (χ3v) is 3.75. The van der Waals surface area contributed by atoms with Crippen molar-refractivity contribution >= 4 is 28.5 Å². The van der Waals surface area contributed by atoms with Gasteiger partial charge in [-0.2, -0.15) is 0 Å². The molecule has 18 heavy (non-hydrogen) atoms. The molecule has 1 amide bonds. The number of nitrogens with zero attached hydrogens (tertiary/aromatic N) is 1. The second-order valence-corrected chi connectivity index (χ2v) is 5.20. The summed E-state index contributed by atoms with van der Waals surface area (Å²) < 4.78 is 18.8. The first-order valence-electron chi connectivity index (χ1n) is 5.58. The second kappa shape index (κ2) is 5.94. The van der Waals surface area contributed by atoms with Gasteiger partial charge in [0.1, 0.15) is 5.82 Å². The third kappa shape index (κ3) is 2.81. The van der Waals surface area contributed by atoms with Gasteiger partial charge in [-0.25, -0.2) is 4.39 Å². The number of carbonyl (C=O) groups excluding carboxylic acids is 1. The zero-order valence-corrected chi connectivity index (χ0v) is 11.8. The summed E-state index contributed by atoms with van der Waals surface area (Å²) in [5.41, 5.74) is 0.456. The second-order valence-electron chi connectivity index (χ2n) is 4.03. The normalized spacial score (nSPS) is 19.9. The first-order chi connectivity index (χ1) is 8.63. The Kier molecular flexibility index (Phi) is 4.52. The van der Waals surface area contributed by atoms with Crippen molar-refractivity contribution in [3.05, 3.63) is 33.1 Å². The number of aliphatic hydroxyl groups is 1. The van der Waals surface area contributed by atoms with E-state index in [1.54, 1.807) is 4.90 Å². The Morgan fingerprint density at radius 3 is 3.06 bits per heavy atom. The molecule has 0 bridgehead atoms. The SMILES string of the molecule is O=C(c1ccc(F)cc1I)N1CCOCC1CO. The number of morpholine rings is 1. The molecule has 0 aliphatic carbocycles. The van der Waals surface area contributed by atoms with Gasteiger partial charge >= 0.3 is 0 Å². The van der Waals surface area contributed by atoms with E-state index < -0.39 is 0 Å². The molecule has 2 rings (SSSR count). The summed E-state index contributed by atoms with van der Waals surface area (Å²) >= 11 is 1.94. The summed E-state index contributed by atoms with van der Waals surface area (Å²) in [5, 5.41) is 9.23. The molecule has 0 saturated carbocycles. The molecule has 1 fully saturated rings. The molecule has 1 N–H and O–H groups in total. The van der Waals surface area contributed by atoms with Crippen LogP contribution in [0.5, 0.6) is 0 Å². The minimum Gasteiger partial charge on any atom is -0.394 e. The molecule has 4 nitrogen and oxygen atoms in total. The van der Waals surface area contributed by atoms with E-state index >= 15 is 0 Å². The van der Waals surface area contributed by atoms with Gasteiger partial charge in [0.25, 0.3) is 5.91 Å². The van der Waals surface area contributed by atoms with Crippen molar-refractivity contribution in [3.8, 4) is 0 Å². The molecular weight excluding hydrogens is 352 g/mol. The lowest BCUT2D eigenvalue weighted by Crippen LogP contribution is -2.50. The summed E-state index contributed by atoms with van der Waals surface area (Å²) in [6.45, 7) is 1.10. The van der Waals surface area contributed by atoms with Gasteiger partial charge in [-0.05, 0) is 40.8 Å². The highest BCUT2D eigenvalue weighted by molar-refractivity contribution is 14.1. The van der Waals surface area contributed by atoms with Crippen molar-refractivity contribution in [2.45, 2.75) is 6.04 Å². The molecule has 1 aromatic carbocycles. The lowest BCUT2D eigenvalue weighted by atomic mass is 10.1. The lowest BCUT2D eigenvalue weighted by Gasteiger charge is -2.34. The van der Waals surface area contributed by atoms with Crippen LogP contribution in [0, 0.1) is 9.39 Å². The van der Waals surface area contributed by atoms with Crippen LogP contribution in [0.1, 0.15) is 10.4 Å². The summed E-state index contributed by atoms with van der Waals surface area (Å²) in [4.78, 5) is 13.9. The van der Waals surface area contributed by atoms with Crippen LogP contribution in [0.2, 0.25) is 0 Å². The van der Waals surface area contributed by atoms with Gasteiger partial charge in [0, 0.05) is 10.1 Å². The van der Waals surface area contributed by atoms with E-state index in [0.29, 0.717) is 28.9 Å². The number of aliphatic hydroxyl groups excluding tert-OH is 1. The average molecular weight is 365 g/mol. The lowest BCUT2D eigenvalue weighted by molar-refractivity contribution is -0.0184. The van der Waals surface area contributed by atoms with Gasteiger partial charge in [0.2, 0.25) is 0 Å². The Hall–Kier alpha value is -0.730. The minimum absolute atomic E-state index is 0.135. The maximum atomic E-state index is 13.0. The van der Waals surface area contributed by atoms with Gasteiger partial charge in [-0.15, -0.1) is 0 Å². The van der Waals surface area contributed by atoms with E-state index in [0.717, 1.165) is 0 Å². The van der Waals surface area contributed by atoms with E-state index in [1.165, 1.54) is 18.2 Å². The number of ether oxygens (including phenoxy) is 1. The highest BCUT2D eigenvalue weighted by Crippen LogP contribution is 2.18. The predicted octanol–water partition coefficient (Wildman–Crippen LogP) is 1.26. The Balaban J connectivity index is 2.24. The highest BCUT2D eigenvalue weighted by atomic mass is 127. The van der Waals surface area contributed by atoms with Gasteiger partial charge in [-0.1, -0.05) is 0 Å². The maximum absolute atomic E-state index is 13.0. The maximum Gasteiger partial charge on any atom is 0.255 e. The molecule has 0 aromatic heterocycles. The number of halogens is 2. The van der Waals surface area contributed by atoms with Crippen molar-refractivity contribution < 1.29 is 19.0 Å². The number of amides is 1. The Bertz CT molecular complexity index is 455. The van der Waals surface area contributed by atoms with Crippen LogP contribution >= 0.6 is 22.6 Å². The zero-order valence-electron chi connectivity index (χ0n) is 9.60. The number of hydrogen-bond acceptors (Lipinski definition) is 3. The monoisotopic (exact) mass is 365 g/mol. The van der Waals surface area contributed by atoms with Crippen LogP contribution in [-0.2, 0) is 4.74 Å². The van der Waals surface area contributed by atoms with Gasteiger partial charge in [0.05, 0.1) is 31.4 Å². The minimum atomic E-state index is -0.364. The molecule has 6 heteroatoms. The fourth-order valence-electron chi connectivity index (χ4n) is 1.89. The molecule has 0 radical (unpaired) electrons. The largest absolute Gasteiger partial charge is 0.394 e. The van der Waals surface area contributed by atoms with E-state index in [4.69, 9.17) is 4.74 Å². The quantitative estimate of drug-likeness (QED) is 0.804. The van der Waals surface area contributed by atoms with Crippen LogP contribution < -0.4 is 0 Å². The van der Waals surface area contributed by atoms with E-state index in [9.17, 15) is 14.3 Å². The predicted molar refractivity (Wildman–Crippen MR) is 71.8 cm³/mol. The number of hydrogen-bond donors (Lipinski definition) is 1. The highest BCUT2D eigenvalue weighted by Gasteiger charge is 2.28. The molecule has 98 valence electrons. The summed E-state index contributed by atoms with van der Waals surface area (Å²) in [6.07, 6.45) is 0. The standard InChI is InChI=1S/C12H13FINO3/c13-8-1-2-10(11(14)5-8)12(17)15-3-4-18-7-9(15)6-16/h1-2,5,9,16H,3-4,6-7H2. The van der Waals surface area contributed by atoms with E-state index in [2.05, 4.69) is 0 Å². The topological polar surface area (TPSA) is 49.8 Å². The smallest absolute Gasteiger partial charge is 0.255 e. The van der Waals surface area contributed by atoms with Crippen LogP contribution in [-0.4, -0.2) is 48.3 Å². The molecule has 0 spiro atoms. The number of rotatable bonds is 2. The number of benzene rings is 1. The van der Waals surface area contributed by atoms with Crippen molar-refractivity contribution in [3.63, 3.8) is 0 Å². The summed E-state index contributed by atoms with van der Waals surface area (Å²) in [5.74, 6) is -0.557. The Labute approximate surface area is 118 Å². The third-order valence-electron chi connectivity index (χ3n) is 2.86. The van der Waals surface area contributed by atoms with Crippen molar-refractivity contribution in [2.24, 2.45) is 0 Å². The van der Waals surface area contributed by atoms with Crippen molar-refractivity contribution in [1.29, 1.82) is 0 Å². The van der Waals surface area contributed by atoms with Gasteiger partial charge in [-0.3, -0.25) is 4.79 Å². The first kappa shape index (κ1) is 13.7. The van der Waals surface area contributed by atoms with Crippen LogP contribution in [0.15, 0.2) is 18.2 Å². The summed E-state index contributed by atoms with van der Waals surface area (Å²) in [6, 6.07) is 3.74. The fraction of sp³-hybridized carbons (Fsp3) is 0.417. The van der Waals surface area contributed by atoms with E-state index in [1.807, 2.05) is 22.6 Å². The molecule has 1 aromatic rings. The number of carbonyl (C=O) groups is 1. The summed E-state index contributed by atoms with van der Waals surface area (Å²) in [7, 11) is 0. The van der Waals surface area contributed by atoms with Crippen LogP contribution in [0.25, 0.3) is 0 Å². The Morgan fingerprint density at radius 1 is 1.61 bits per heavy atom. The van der Waals surface area contributed by atoms with Crippen LogP contribution in [0.3, 0.4) is 0 Å². The molecule has 1 unspecified atom stereocenters. The van der Waals surface area contributed by atoms with Gasteiger partial charge in [0.15, 0.2) is 0 Å². The molecular formula is C12H13FINO3. The van der Waals surface area contributed by atoms with Gasteiger partial charge < -0.3 is 14.7 Å². The molecule has 1 heterocycles. The first-order valence-corrected chi connectivity index (χ1v) is 6.66. The molecule has 1 aliphatic rings. The van der Waals surface area contributed by atoms with Crippen molar-refractivity contribution in [2.75, 3.05) is 26.4 Å². The van der Waals surface area contributed by atoms with Crippen molar-refractivity contribution in [1.82, 2.24) is 4.90 Å². The van der Waals surface area contributed by atoms with Crippen LogP contribution in [0.4, 0.5) is 4.39 Å². The Morgan fingerprint density at radius 2 is 2.39 bits per heavy atom. The fourth-order valence-corrected chi connectivity index (χ4v) is 2.60. The molecule has 1 aliphatic heterocycles. The van der Waals surface area contributed by atoms with E-state index in [-0.39, 0.29) is 24.4 Å². The molecule has 1 saturated heterocycles. The average Bonchev–Trinajstić information content (AvgIpc) is 2.38. The molecule has 1 atom stereocenters. The zero-order chi connectivity index (χ0) is 13.1.